The van der Waals surface area contributed by atoms with Gasteiger partial charge >= 0.3 is 0 Å². The van der Waals surface area contributed by atoms with Crippen LogP contribution < -0.4 is 10.1 Å². The molecule has 0 radical (unpaired) electrons. The average molecular weight is 398 g/mol. The van der Waals surface area contributed by atoms with Gasteiger partial charge in [-0.2, -0.15) is 0 Å². The molecule has 1 aliphatic heterocycles. The Labute approximate surface area is 169 Å². The van der Waals surface area contributed by atoms with Crippen LogP contribution >= 0.6 is 11.8 Å². The fourth-order valence-corrected chi connectivity index (χ4v) is 4.07. The Balaban J connectivity index is 1.73. The fourth-order valence-electron chi connectivity index (χ4n) is 2.86. The molecule has 1 heterocycles. The largest absolute Gasteiger partial charge is 0.494 e. The van der Waals surface area contributed by atoms with E-state index in [0.29, 0.717) is 23.1 Å². The maximum Gasteiger partial charge on any atom is 0.242 e. The van der Waals surface area contributed by atoms with Gasteiger partial charge in [-0.3, -0.25) is 14.5 Å². The lowest BCUT2D eigenvalue weighted by molar-refractivity contribution is -0.128. The number of amides is 2. The van der Waals surface area contributed by atoms with Crippen molar-refractivity contribution in [1.29, 1.82) is 0 Å². The van der Waals surface area contributed by atoms with Gasteiger partial charge in [0.25, 0.3) is 0 Å². The molecule has 1 saturated heterocycles. The number of para-hydroxylation sites is 2. The molecule has 6 nitrogen and oxygen atoms in total. The van der Waals surface area contributed by atoms with E-state index < -0.39 is 5.25 Å². The van der Waals surface area contributed by atoms with Crippen LogP contribution in [-0.2, 0) is 9.59 Å². The van der Waals surface area contributed by atoms with Gasteiger partial charge in [0.1, 0.15) is 16.7 Å². The summed E-state index contributed by atoms with van der Waals surface area (Å²) in [6, 6.07) is 15.0. The van der Waals surface area contributed by atoms with E-state index in [9.17, 15) is 9.59 Å². The number of carbonyl (C=O) groups excluding carboxylic acids is 2. The highest BCUT2D eigenvalue weighted by molar-refractivity contribution is 8.15. The van der Waals surface area contributed by atoms with Gasteiger partial charge in [0, 0.05) is 18.7 Å². The Morgan fingerprint density at radius 3 is 2.61 bits per heavy atom. The smallest absolute Gasteiger partial charge is 0.242 e. The topological polar surface area (TPSA) is 71.0 Å². The van der Waals surface area contributed by atoms with Crippen LogP contribution in [0.2, 0.25) is 0 Å². The van der Waals surface area contributed by atoms with Crippen molar-refractivity contribution >= 4 is 40.1 Å². The summed E-state index contributed by atoms with van der Waals surface area (Å²) in [5.41, 5.74) is 2.50. The van der Waals surface area contributed by atoms with Crippen molar-refractivity contribution in [2.24, 2.45) is 4.99 Å². The summed E-state index contributed by atoms with van der Waals surface area (Å²) in [4.78, 5) is 31.4. The molecule has 0 bridgehead atoms. The number of nitrogens with one attached hydrogen (secondary N) is 1. The zero-order valence-electron chi connectivity index (χ0n) is 16.1. The number of nitrogens with zero attached hydrogens (tertiary/aromatic N) is 2. The second-order valence-electron chi connectivity index (χ2n) is 6.37. The van der Waals surface area contributed by atoms with E-state index in [1.54, 1.807) is 12.0 Å². The van der Waals surface area contributed by atoms with Gasteiger partial charge in [-0.25, -0.2) is 4.99 Å². The van der Waals surface area contributed by atoms with Crippen molar-refractivity contribution in [1.82, 2.24) is 4.90 Å². The molecule has 28 heavy (non-hydrogen) atoms. The lowest BCUT2D eigenvalue weighted by Gasteiger charge is -2.14. The normalized spacial score (nSPS) is 17.8. The minimum atomic E-state index is -0.487. The molecule has 0 spiro atoms. The lowest BCUT2D eigenvalue weighted by Crippen LogP contribution is -2.33. The number of benzene rings is 2. The maximum atomic E-state index is 12.7. The van der Waals surface area contributed by atoms with Crippen LogP contribution in [0.5, 0.6) is 5.75 Å². The van der Waals surface area contributed by atoms with Crippen LogP contribution in [0.1, 0.15) is 18.9 Å². The van der Waals surface area contributed by atoms with Crippen LogP contribution in [0.3, 0.4) is 0 Å². The van der Waals surface area contributed by atoms with Crippen molar-refractivity contribution in [2.45, 2.75) is 25.5 Å². The Bertz CT molecular complexity index is 896. The summed E-state index contributed by atoms with van der Waals surface area (Å²) in [6.07, 6.45) is 0.0961. The number of methoxy groups -OCH3 is 1. The van der Waals surface area contributed by atoms with Crippen molar-refractivity contribution in [3.05, 3.63) is 54.1 Å². The number of aliphatic imine (C=N–C) groups is 1. The molecule has 2 aromatic carbocycles. The van der Waals surface area contributed by atoms with E-state index in [-0.39, 0.29) is 18.2 Å². The minimum Gasteiger partial charge on any atom is -0.494 e. The Hall–Kier alpha value is -2.80. The molecule has 1 unspecified atom stereocenters. The van der Waals surface area contributed by atoms with E-state index >= 15 is 0 Å². The highest BCUT2D eigenvalue weighted by atomic mass is 32.2. The van der Waals surface area contributed by atoms with Gasteiger partial charge < -0.3 is 10.1 Å². The van der Waals surface area contributed by atoms with E-state index in [2.05, 4.69) is 10.3 Å². The molecule has 0 aromatic heterocycles. The molecule has 1 fully saturated rings. The molecule has 1 N–H and O–H groups in total. The number of amidine groups is 1. The fraction of sp³-hybridized carbons (Fsp3) is 0.286. The summed E-state index contributed by atoms with van der Waals surface area (Å²) in [6.45, 7) is 4.38. The van der Waals surface area contributed by atoms with Gasteiger partial charge in [0.2, 0.25) is 11.8 Å². The van der Waals surface area contributed by atoms with E-state index in [4.69, 9.17) is 4.74 Å². The molecule has 1 atom stereocenters. The predicted molar refractivity (Wildman–Crippen MR) is 113 cm³/mol. The number of rotatable bonds is 6. The number of ether oxygens (including phenoxy) is 1. The second kappa shape index (κ2) is 8.93. The van der Waals surface area contributed by atoms with Crippen LogP contribution in [-0.4, -0.2) is 40.8 Å². The van der Waals surface area contributed by atoms with Crippen molar-refractivity contribution < 1.29 is 14.3 Å². The molecular formula is C21H23N3O3S. The Morgan fingerprint density at radius 1 is 1.21 bits per heavy atom. The van der Waals surface area contributed by atoms with Crippen molar-refractivity contribution in [3.8, 4) is 5.75 Å². The van der Waals surface area contributed by atoms with E-state index in [1.807, 2.05) is 62.4 Å². The molecule has 0 saturated carbocycles. The SMILES string of the molecule is CCN1C(=O)C(CC(=O)Nc2ccc(C)cc2)SC1=Nc1ccccc1OC. The highest BCUT2D eigenvalue weighted by Crippen LogP contribution is 2.34. The molecule has 2 aromatic rings. The first kappa shape index (κ1) is 19.9. The first-order valence-electron chi connectivity index (χ1n) is 9.08. The number of hydrogen-bond donors (Lipinski definition) is 1. The zero-order chi connectivity index (χ0) is 20.1. The Morgan fingerprint density at radius 2 is 1.93 bits per heavy atom. The number of hydrogen-bond acceptors (Lipinski definition) is 5. The second-order valence-corrected chi connectivity index (χ2v) is 7.54. The quantitative estimate of drug-likeness (QED) is 0.800. The average Bonchev–Trinajstić information content (AvgIpc) is 2.98. The summed E-state index contributed by atoms with van der Waals surface area (Å²) in [7, 11) is 1.59. The van der Waals surface area contributed by atoms with E-state index in [1.165, 1.54) is 11.8 Å². The van der Waals surface area contributed by atoms with Crippen LogP contribution in [0, 0.1) is 6.92 Å². The van der Waals surface area contributed by atoms with Crippen molar-refractivity contribution in [3.63, 3.8) is 0 Å². The molecular weight excluding hydrogens is 374 g/mol. The first-order valence-corrected chi connectivity index (χ1v) is 9.96. The van der Waals surface area contributed by atoms with Gasteiger partial charge in [0.05, 0.1) is 7.11 Å². The third kappa shape index (κ3) is 4.54. The number of aryl methyl sites for hydroxylation is 1. The number of thioether (sulfide) groups is 1. The number of anilines is 1. The lowest BCUT2D eigenvalue weighted by atomic mass is 10.2. The molecule has 7 heteroatoms. The summed E-state index contributed by atoms with van der Waals surface area (Å²) >= 11 is 1.32. The van der Waals surface area contributed by atoms with Crippen LogP contribution in [0.4, 0.5) is 11.4 Å². The first-order chi connectivity index (χ1) is 13.5. The predicted octanol–water partition coefficient (Wildman–Crippen LogP) is 3.98. The summed E-state index contributed by atoms with van der Waals surface area (Å²) in [5.74, 6) is 0.351. The Kier molecular flexibility index (Phi) is 6.36. The molecule has 146 valence electrons. The standard InChI is InChI=1S/C21H23N3O3S/c1-4-24-20(26)18(13-19(25)22-15-11-9-14(2)10-12-15)28-21(24)23-16-7-5-6-8-17(16)27-3/h5-12,18H,4,13H2,1-3H3,(H,22,25). The maximum absolute atomic E-state index is 12.7. The van der Waals surface area contributed by atoms with Crippen LogP contribution in [0.15, 0.2) is 53.5 Å². The molecule has 3 rings (SSSR count). The number of carbonyl (C=O) groups is 2. The third-order valence-corrected chi connectivity index (χ3v) is 5.52. The zero-order valence-corrected chi connectivity index (χ0v) is 17.0. The van der Waals surface area contributed by atoms with Gasteiger partial charge in [-0.15, -0.1) is 0 Å². The molecule has 2 amide bonds. The summed E-state index contributed by atoms with van der Waals surface area (Å²) in [5, 5.41) is 2.95. The summed E-state index contributed by atoms with van der Waals surface area (Å²) < 4.78 is 5.33. The van der Waals surface area contributed by atoms with Gasteiger partial charge in [0.15, 0.2) is 5.17 Å². The molecule has 1 aliphatic rings. The minimum absolute atomic E-state index is 0.0961. The monoisotopic (exact) mass is 397 g/mol. The highest BCUT2D eigenvalue weighted by Gasteiger charge is 2.38. The van der Waals surface area contributed by atoms with Gasteiger partial charge in [-0.05, 0) is 38.1 Å². The van der Waals surface area contributed by atoms with E-state index in [0.717, 1.165) is 11.3 Å². The van der Waals surface area contributed by atoms with Gasteiger partial charge in [-0.1, -0.05) is 41.6 Å². The molecule has 0 aliphatic carbocycles. The van der Waals surface area contributed by atoms with Crippen LogP contribution in [0.25, 0.3) is 0 Å². The third-order valence-electron chi connectivity index (χ3n) is 4.34. The van der Waals surface area contributed by atoms with Crippen molar-refractivity contribution in [2.75, 3.05) is 19.0 Å².